The van der Waals surface area contributed by atoms with E-state index in [2.05, 4.69) is 10.3 Å². The summed E-state index contributed by atoms with van der Waals surface area (Å²) in [5.74, 6) is -0.618. The van der Waals surface area contributed by atoms with Gasteiger partial charge in [0.15, 0.2) is 5.82 Å². The number of aromatic nitrogens is 2. The Labute approximate surface area is 109 Å². The van der Waals surface area contributed by atoms with E-state index >= 15 is 0 Å². The summed E-state index contributed by atoms with van der Waals surface area (Å²) in [7, 11) is 3.14. The van der Waals surface area contributed by atoms with Crippen LogP contribution in [0.5, 0.6) is 0 Å². The summed E-state index contributed by atoms with van der Waals surface area (Å²) >= 11 is 0. The molecular weight excluding hydrogens is 251 g/mol. The molecule has 7 heteroatoms. The van der Waals surface area contributed by atoms with Gasteiger partial charge < -0.3 is 15.0 Å². The molecule has 1 aromatic carbocycles. The summed E-state index contributed by atoms with van der Waals surface area (Å²) in [6.07, 6.45) is 0. The maximum atomic E-state index is 13.6. The molecule has 0 aliphatic rings. The highest BCUT2D eigenvalue weighted by Gasteiger charge is 2.17. The number of nitrogens with one attached hydrogen (secondary N) is 1. The van der Waals surface area contributed by atoms with Gasteiger partial charge in [0.1, 0.15) is 11.6 Å². The van der Waals surface area contributed by atoms with Crippen LogP contribution in [0, 0.1) is 5.82 Å². The fourth-order valence-electron chi connectivity index (χ4n) is 1.75. The normalized spacial score (nSPS) is 12.6. The van der Waals surface area contributed by atoms with E-state index in [1.807, 2.05) is 0 Å². The number of carbonyl (C=O) groups excluding carboxylic acids is 1. The van der Waals surface area contributed by atoms with Gasteiger partial charge in [-0.3, -0.25) is 10.1 Å². The minimum atomic E-state index is -0.797. The summed E-state index contributed by atoms with van der Waals surface area (Å²) < 4.78 is 20.0. The number of nitrogens with zero attached hydrogens (tertiary/aromatic N) is 2. The van der Waals surface area contributed by atoms with Crippen molar-refractivity contribution in [2.24, 2.45) is 12.8 Å². The molecule has 0 spiro atoms. The Morgan fingerprint density at radius 2 is 2.37 bits per heavy atom. The van der Waals surface area contributed by atoms with Gasteiger partial charge in [-0.2, -0.15) is 0 Å². The highest BCUT2D eigenvalue weighted by atomic mass is 19.1. The molecule has 6 nitrogen and oxygen atoms in total. The minimum Gasteiger partial charge on any atom is -0.383 e. The first-order chi connectivity index (χ1) is 9.04. The monoisotopic (exact) mass is 266 g/mol. The number of hydrogen-bond donors (Lipinski definition) is 2. The first-order valence-corrected chi connectivity index (χ1v) is 5.71. The Morgan fingerprint density at radius 1 is 1.63 bits per heavy atom. The zero-order valence-electron chi connectivity index (χ0n) is 10.7. The van der Waals surface area contributed by atoms with E-state index in [4.69, 9.17) is 10.5 Å². The van der Waals surface area contributed by atoms with Crippen molar-refractivity contribution < 1.29 is 13.9 Å². The van der Waals surface area contributed by atoms with Gasteiger partial charge in [0, 0.05) is 14.2 Å². The molecule has 0 aliphatic carbocycles. The molecule has 3 N–H and O–H groups in total. The van der Waals surface area contributed by atoms with Crippen LogP contribution in [0.4, 0.5) is 10.3 Å². The van der Waals surface area contributed by atoms with Crippen LogP contribution in [0.25, 0.3) is 11.0 Å². The van der Waals surface area contributed by atoms with Gasteiger partial charge in [0.2, 0.25) is 11.9 Å². The summed E-state index contributed by atoms with van der Waals surface area (Å²) in [5, 5.41) is 2.55. The molecule has 1 heterocycles. The molecule has 0 aliphatic heterocycles. The van der Waals surface area contributed by atoms with Crippen molar-refractivity contribution >= 4 is 22.9 Å². The molecule has 1 atom stereocenters. The molecule has 19 heavy (non-hydrogen) atoms. The highest BCUT2D eigenvalue weighted by molar-refractivity contribution is 5.95. The van der Waals surface area contributed by atoms with E-state index in [1.165, 1.54) is 13.2 Å². The number of rotatable bonds is 4. The van der Waals surface area contributed by atoms with Crippen LogP contribution in [0.1, 0.15) is 0 Å². The second-order valence-corrected chi connectivity index (χ2v) is 4.15. The summed E-state index contributed by atoms with van der Waals surface area (Å²) in [6, 6.07) is 3.82. The zero-order valence-corrected chi connectivity index (χ0v) is 10.7. The third kappa shape index (κ3) is 2.56. The standard InChI is InChI=1S/C12H15FN4O2/c1-17-9-5-3-4-7(13)10(9)15-12(17)16-11(18)8(14)6-19-2/h3-5,8H,6,14H2,1-2H3,(H,15,16,18). The van der Waals surface area contributed by atoms with E-state index in [0.717, 1.165) is 0 Å². The Bertz CT molecular complexity index is 611. The zero-order chi connectivity index (χ0) is 14.0. The van der Waals surface area contributed by atoms with E-state index in [1.54, 1.807) is 23.7 Å². The number of benzene rings is 1. The molecule has 0 radical (unpaired) electrons. The first-order valence-electron chi connectivity index (χ1n) is 5.71. The largest absolute Gasteiger partial charge is 0.383 e. The Balaban J connectivity index is 2.29. The third-order valence-corrected chi connectivity index (χ3v) is 2.78. The molecule has 2 aromatic rings. The molecule has 0 fully saturated rings. The molecular formula is C12H15FN4O2. The van der Waals surface area contributed by atoms with Crippen LogP contribution in [0.15, 0.2) is 18.2 Å². The number of nitrogens with two attached hydrogens (primary N) is 1. The number of halogens is 1. The maximum Gasteiger partial charge on any atom is 0.245 e. The number of carbonyl (C=O) groups is 1. The van der Waals surface area contributed by atoms with Crippen molar-refractivity contribution in [3.63, 3.8) is 0 Å². The number of imidazole rings is 1. The van der Waals surface area contributed by atoms with Gasteiger partial charge in [-0.25, -0.2) is 9.37 Å². The van der Waals surface area contributed by atoms with Crippen molar-refractivity contribution in [1.82, 2.24) is 9.55 Å². The Morgan fingerprint density at radius 3 is 3.00 bits per heavy atom. The predicted molar refractivity (Wildman–Crippen MR) is 69.2 cm³/mol. The number of methoxy groups -OCH3 is 1. The SMILES string of the molecule is COCC(N)C(=O)Nc1nc2c(F)cccc2n1C. The molecule has 0 bridgehead atoms. The van der Waals surface area contributed by atoms with Gasteiger partial charge in [0.25, 0.3) is 0 Å². The summed E-state index contributed by atoms with van der Waals surface area (Å²) in [6.45, 7) is 0.101. The predicted octanol–water partition coefficient (Wildman–Crippen LogP) is 0.625. The quantitative estimate of drug-likeness (QED) is 0.850. The number of para-hydroxylation sites is 1. The molecule has 0 saturated carbocycles. The smallest absolute Gasteiger partial charge is 0.245 e. The lowest BCUT2D eigenvalue weighted by atomic mass is 10.3. The van der Waals surface area contributed by atoms with Gasteiger partial charge in [-0.1, -0.05) is 6.07 Å². The molecule has 0 saturated heterocycles. The third-order valence-electron chi connectivity index (χ3n) is 2.78. The van der Waals surface area contributed by atoms with E-state index in [9.17, 15) is 9.18 Å². The molecule has 102 valence electrons. The van der Waals surface area contributed by atoms with Gasteiger partial charge in [-0.15, -0.1) is 0 Å². The number of anilines is 1. The fraction of sp³-hybridized carbons (Fsp3) is 0.333. The van der Waals surface area contributed by atoms with Crippen LogP contribution in [-0.2, 0) is 16.6 Å². The van der Waals surface area contributed by atoms with Crippen molar-refractivity contribution in [3.05, 3.63) is 24.0 Å². The lowest BCUT2D eigenvalue weighted by molar-refractivity contribution is -0.118. The van der Waals surface area contributed by atoms with Crippen molar-refractivity contribution in [1.29, 1.82) is 0 Å². The number of hydrogen-bond acceptors (Lipinski definition) is 4. The molecule has 1 unspecified atom stereocenters. The van der Waals surface area contributed by atoms with E-state index < -0.39 is 17.8 Å². The minimum absolute atomic E-state index is 0.101. The van der Waals surface area contributed by atoms with E-state index in [-0.39, 0.29) is 18.1 Å². The molecule has 2 rings (SSSR count). The molecule has 1 amide bonds. The van der Waals surface area contributed by atoms with E-state index in [0.29, 0.717) is 5.52 Å². The average Bonchev–Trinajstić information content (AvgIpc) is 2.69. The van der Waals surface area contributed by atoms with Crippen molar-refractivity contribution in [3.8, 4) is 0 Å². The Kier molecular flexibility index (Phi) is 3.77. The first kappa shape index (κ1) is 13.4. The second kappa shape index (κ2) is 5.33. The summed E-state index contributed by atoms with van der Waals surface area (Å²) in [5.41, 5.74) is 6.40. The van der Waals surface area contributed by atoms with Gasteiger partial charge >= 0.3 is 0 Å². The number of fused-ring (bicyclic) bond motifs is 1. The van der Waals surface area contributed by atoms with Crippen molar-refractivity contribution in [2.45, 2.75) is 6.04 Å². The second-order valence-electron chi connectivity index (χ2n) is 4.15. The number of ether oxygens (including phenoxy) is 1. The van der Waals surface area contributed by atoms with Crippen LogP contribution < -0.4 is 11.1 Å². The topological polar surface area (TPSA) is 82.2 Å². The van der Waals surface area contributed by atoms with Crippen molar-refractivity contribution in [2.75, 3.05) is 19.0 Å². The fourth-order valence-corrected chi connectivity index (χ4v) is 1.75. The van der Waals surface area contributed by atoms with Gasteiger partial charge in [-0.05, 0) is 12.1 Å². The number of amides is 1. The van der Waals surface area contributed by atoms with Crippen LogP contribution in [0.2, 0.25) is 0 Å². The van der Waals surface area contributed by atoms with Crippen LogP contribution in [-0.4, -0.2) is 35.2 Å². The summed E-state index contributed by atoms with van der Waals surface area (Å²) in [4.78, 5) is 15.8. The van der Waals surface area contributed by atoms with Crippen LogP contribution in [0.3, 0.4) is 0 Å². The number of aryl methyl sites for hydroxylation is 1. The highest BCUT2D eigenvalue weighted by Crippen LogP contribution is 2.20. The maximum absolute atomic E-state index is 13.6. The Hall–Kier alpha value is -1.99. The molecule has 1 aromatic heterocycles. The lowest BCUT2D eigenvalue weighted by Gasteiger charge is -2.10. The van der Waals surface area contributed by atoms with Gasteiger partial charge in [0.05, 0.1) is 12.1 Å². The lowest BCUT2D eigenvalue weighted by Crippen LogP contribution is -2.39. The van der Waals surface area contributed by atoms with Crippen LogP contribution >= 0.6 is 0 Å². The average molecular weight is 266 g/mol.